The summed E-state index contributed by atoms with van der Waals surface area (Å²) in [5.41, 5.74) is 5.34. The van der Waals surface area contributed by atoms with Crippen LogP contribution in [0.1, 0.15) is 40.5 Å². The molecule has 0 aromatic rings. The van der Waals surface area contributed by atoms with Crippen molar-refractivity contribution >= 4 is 5.97 Å². The summed E-state index contributed by atoms with van der Waals surface area (Å²) in [6, 6.07) is 0.0448. The van der Waals surface area contributed by atoms with Crippen LogP contribution in [0.5, 0.6) is 0 Å². The Labute approximate surface area is 92.1 Å². The normalized spacial score (nSPS) is 13.7. The fourth-order valence-electron chi connectivity index (χ4n) is 0.921. The van der Waals surface area contributed by atoms with Gasteiger partial charge in [0.05, 0.1) is 12.2 Å². The first-order chi connectivity index (χ1) is 6.81. The van der Waals surface area contributed by atoms with Crippen LogP contribution in [0.3, 0.4) is 0 Å². The zero-order chi connectivity index (χ0) is 11.9. The molecule has 0 radical (unpaired) electrons. The molecular formula is C11H23NO3. The number of hydrogen-bond donors (Lipinski definition) is 1. The van der Waals surface area contributed by atoms with Gasteiger partial charge in [0.25, 0.3) is 0 Å². The van der Waals surface area contributed by atoms with Gasteiger partial charge < -0.3 is 15.2 Å². The maximum Gasteiger partial charge on any atom is 0.305 e. The molecule has 0 aliphatic rings. The van der Waals surface area contributed by atoms with Gasteiger partial charge in [0.15, 0.2) is 0 Å². The molecule has 15 heavy (non-hydrogen) atoms. The molecule has 0 aromatic heterocycles. The van der Waals surface area contributed by atoms with Crippen LogP contribution < -0.4 is 5.73 Å². The minimum Gasteiger partial charge on any atom is -0.463 e. The number of nitrogens with two attached hydrogens (primary N) is 1. The predicted molar refractivity (Wildman–Crippen MR) is 59.5 cm³/mol. The van der Waals surface area contributed by atoms with Crippen LogP contribution in [0.4, 0.5) is 0 Å². The summed E-state index contributed by atoms with van der Waals surface area (Å²) in [5, 5.41) is 0. The average Bonchev–Trinajstić information content (AvgIpc) is 2.07. The highest BCUT2D eigenvalue weighted by atomic mass is 16.6. The number of ether oxygens (including phenoxy) is 2. The quantitative estimate of drug-likeness (QED) is 0.540. The van der Waals surface area contributed by atoms with Crippen molar-refractivity contribution in [1.82, 2.24) is 0 Å². The van der Waals surface area contributed by atoms with Crippen molar-refractivity contribution in [1.29, 1.82) is 0 Å². The Bertz CT molecular complexity index is 185. The van der Waals surface area contributed by atoms with E-state index < -0.39 is 0 Å². The molecule has 4 heteroatoms. The van der Waals surface area contributed by atoms with Gasteiger partial charge in [-0.25, -0.2) is 0 Å². The standard InChI is InChI=1S/C11H23NO3/c1-9(12)5-6-10(13)14-7-8-15-11(2,3)4/h9H,5-8,12H2,1-4H3. The highest BCUT2D eigenvalue weighted by Crippen LogP contribution is 2.05. The van der Waals surface area contributed by atoms with E-state index in [0.29, 0.717) is 26.1 Å². The summed E-state index contributed by atoms with van der Waals surface area (Å²) in [5.74, 6) is -0.204. The minimum absolute atomic E-state index is 0.0448. The summed E-state index contributed by atoms with van der Waals surface area (Å²) >= 11 is 0. The van der Waals surface area contributed by atoms with Gasteiger partial charge in [-0.2, -0.15) is 0 Å². The van der Waals surface area contributed by atoms with E-state index in [2.05, 4.69) is 0 Å². The van der Waals surface area contributed by atoms with Gasteiger partial charge >= 0.3 is 5.97 Å². The first kappa shape index (κ1) is 14.4. The largest absolute Gasteiger partial charge is 0.463 e. The highest BCUT2D eigenvalue weighted by Gasteiger charge is 2.10. The summed E-state index contributed by atoms with van der Waals surface area (Å²) in [6.45, 7) is 8.51. The van der Waals surface area contributed by atoms with Crippen LogP contribution in [0.2, 0.25) is 0 Å². The van der Waals surface area contributed by atoms with E-state index >= 15 is 0 Å². The van der Waals surface area contributed by atoms with Crippen LogP contribution in [0.25, 0.3) is 0 Å². The first-order valence-corrected chi connectivity index (χ1v) is 5.36. The molecule has 0 saturated heterocycles. The molecule has 1 unspecified atom stereocenters. The van der Waals surface area contributed by atoms with Crippen molar-refractivity contribution < 1.29 is 14.3 Å². The molecule has 0 fully saturated rings. The molecule has 0 rings (SSSR count). The minimum atomic E-state index is -0.204. The topological polar surface area (TPSA) is 61.6 Å². The Hall–Kier alpha value is -0.610. The maximum absolute atomic E-state index is 11.1. The maximum atomic E-state index is 11.1. The molecule has 0 aromatic carbocycles. The fraction of sp³-hybridized carbons (Fsp3) is 0.909. The van der Waals surface area contributed by atoms with Gasteiger partial charge in [-0.15, -0.1) is 0 Å². The Balaban J connectivity index is 3.40. The number of esters is 1. The van der Waals surface area contributed by atoms with Gasteiger partial charge in [-0.1, -0.05) is 0 Å². The smallest absolute Gasteiger partial charge is 0.305 e. The lowest BCUT2D eigenvalue weighted by atomic mass is 10.2. The van der Waals surface area contributed by atoms with Crippen LogP contribution in [0, 0.1) is 0 Å². The van der Waals surface area contributed by atoms with Gasteiger partial charge in [-0.05, 0) is 34.1 Å². The van der Waals surface area contributed by atoms with E-state index in [1.165, 1.54) is 0 Å². The van der Waals surface area contributed by atoms with Crippen molar-refractivity contribution in [3.8, 4) is 0 Å². The van der Waals surface area contributed by atoms with Crippen molar-refractivity contribution in [2.24, 2.45) is 5.73 Å². The number of carbonyl (C=O) groups is 1. The lowest BCUT2D eigenvalue weighted by Crippen LogP contribution is -2.23. The second kappa shape index (κ2) is 6.80. The molecule has 0 spiro atoms. The van der Waals surface area contributed by atoms with Crippen LogP contribution in [-0.2, 0) is 14.3 Å². The first-order valence-electron chi connectivity index (χ1n) is 5.36. The van der Waals surface area contributed by atoms with E-state index in [1.54, 1.807) is 0 Å². The van der Waals surface area contributed by atoms with Crippen molar-refractivity contribution in [3.63, 3.8) is 0 Å². The van der Waals surface area contributed by atoms with E-state index in [1.807, 2.05) is 27.7 Å². The van der Waals surface area contributed by atoms with Crippen LogP contribution >= 0.6 is 0 Å². The number of hydrogen-bond acceptors (Lipinski definition) is 4. The summed E-state index contributed by atoms with van der Waals surface area (Å²) in [6.07, 6.45) is 1.05. The Morgan fingerprint density at radius 2 is 1.93 bits per heavy atom. The molecule has 0 saturated carbocycles. The predicted octanol–water partition coefficient (Wildman–Crippen LogP) is 1.47. The molecule has 90 valence electrons. The molecule has 0 bridgehead atoms. The third-order valence-electron chi connectivity index (χ3n) is 1.69. The molecular weight excluding hydrogens is 194 g/mol. The second-order valence-electron chi connectivity index (χ2n) is 4.70. The van der Waals surface area contributed by atoms with E-state index in [-0.39, 0.29) is 17.6 Å². The molecule has 0 amide bonds. The van der Waals surface area contributed by atoms with Gasteiger partial charge in [0, 0.05) is 12.5 Å². The average molecular weight is 217 g/mol. The van der Waals surface area contributed by atoms with Gasteiger partial charge in [0.2, 0.25) is 0 Å². The Morgan fingerprint density at radius 3 is 2.40 bits per heavy atom. The summed E-state index contributed by atoms with van der Waals surface area (Å²) in [7, 11) is 0. The molecule has 0 aliphatic heterocycles. The second-order valence-corrected chi connectivity index (χ2v) is 4.70. The Kier molecular flexibility index (Phi) is 6.52. The van der Waals surface area contributed by atoms with E-state index in [9.17, 15) is 4.79 Å². The number of carbonyl (C=O) groups excluding carboxylic acids is 1. The van der Waals surface area contributed by atoms with E-state index in [4.69, 9.17) is 15.2 Å². The summed E-state index contributed by atoms with van der Waals surface area (Å²) < 4.78 is 10.4. The molecule has 2 N–H and O–H groups in total. The molecule has 1 atom stereocenters. The highest BCUT2D eigenvalue weighted by molar-refractivity contribution is 5.69. The van der Waals surface area contributed by atoms with Crippen molar-refractivity contribution in [3.05, 3.63) is 0 Å². The van der Waals surface area contributed by atoms with Crippen LogP contribution in [-0.4, -0.2) is 30.8 Å². The fourth-order valence-corrected chi connectivity index (χ4v) is 0.921. The third kappa shape index (κ3) is 11.3. The third-order valence-corrected chi connectivity index (χ3v) is 1.69. The molecule has 0 aliphatic carbocycles. The van der Waals surface area contributed by atoms with E-state index in [0.717, 1.165) is 0 Å². The summed E-state index contributed by atoms with van der Waals surface area (Å²) in [4.78, 5) is 11.1. The molecule has 4 nitrogen and oxygen atoms in total. The van der Waals surface area contributed by atoms with Crippen LogP contribution in [0.15, 0.2) is 0 Å². The lowest BCUT2D eigenvalue weighted by molar-refractivity contribution is -0.147. The van der Waals surface area contributed by atoms with Gasteiger partial charge in [-0.3, -0.25) is 4.79 Å². The number of rotatable bonds is 6. The monoisotopic (exact) mass is 217 g/mol. The zero-order valence-corrected chi connectivity index (χ0v) is 10.2. The SMILES string of the molecule is CC(N)CCC(=O)OCCOC(C)(C)C. The molecule has 0 heterocycles. The lowest BCUT2D eigenvalue weighted by Gasteiger charge is -2.19. The van der Waals surface area contributed by atoms with Crippen molar-refractivity contribution in [2.45, 2.75) is 52.2 Å². The van der Waals surface area contributed by atoms with Gasteiger partial charge in [0.1, 0.15) is 6.61 Å². The Morgan fingerprint density at radius 1 is 1.33 bits per heavy atom. The van der Waals surface area contributed by atoms with Crippen molar-refractivity contribution in [2.75, 3.05) is 13.2 Å². The zero-order valence-electron chi connectivity index (χ0n) is 10.2.